The first-order chi connectivity index (χ1) is 9.79. The van der Waals surface area contributed by atoms with E-state index in [0.717, 1.165) is 18.9 Å². The van der Waals surface area contributed by atoms with Crippen molar-refractivity contribution in [3.05, 3.63) is 35.9 Å². The van der Waals surface area contributed by atoms with Gasteiger partial charge in [0.2, 0.25) is 0 Å². The van der Waals surface area contributed by atoms with Crippen LogP contribution in [0.3, 0.4) is 0 Å². The molecule has 0 saturated carbocycles. The van der Waals surface area contributed by atoms with Gasteiger partial charge in [-0.3, -0.25) is 0 Å². The minimum atomic E-state index is 0.183. The van der Waals surface area contributed by atoms with Gasteiger partial charge in [0.15, 0.2) is 0 Å². The van der Waals surface area contributed by atoms with Crippen LogP contribution in [0.4, 0.5) is 0 Å². The minimum absolute atomic E-state index is 0.183. The molecule has 1 fully saturated rings. The standard InChI is InChI=1S/C17H28N2O/c1-20-14-15-9-12-19(13-10-15)11-5-8-17(18)16-6-3-2-4-7-16/h2-4,6-7,15,17H,5,8-14,18H2,1H3. The van der Waals surface area contributed by atoms with Crippen LogP contribution < -0.4 is 5.73 Å². The van der Waals surface area contributed by atoms with E-state index in [9.17, 15) is 0 Å². The van der Waals surface area contributed by atoms with Crippen LogP contribution in [0.1, 0.15) is 37.3 Å². The van der Waals surface area contributed by atoms with Crippen molar-refractivity contribution in [2.24, 2.45) is 11.7 Å². The number of benzene rings is 1. The maximum absolute atomic E-state index is 6.24. The summed E-state index contributed by atoms with van der Waals surface area (Å²) in [5.41, 5.74) is 7.49. The number of hydrogen-bond donors (Lipinski definition) is 1. The molecule has 112 valence electrons. The highest BCUT2D eigenvalue weighted by atomic mass is 16.5. The molecule has 1 unspecified atom stereocenters. The van der Waals surface area contributed by atoms with Gasteiger partial charge in [0.25, 0.3) is 0 Å². The number of piperidine rings is 1. The molecule has 2 rings (SSSR count). The zero-order valence-corrected chi connectivity index (χ0v) is 12.6. The molecule has 1 aromatic rings. The molecule has 0 spiro atoms. The van der Waals surface area contributed by atoms with E-state index in [1.807, 2.05) is 6.07 Å². The Bertz CT molecular complexity index is 361. The number of rotatable bonds is 7. The summed E-state index contributed by atoms with van der Waals surface area (Å²) in [6, 6.07) is 10.6. The Morgan fingerprint density at radius 3 is 2.60 bits per heavy atom. The Labute approximate surface area is 123 Å². The summed E-state index contributed by atoms with van der Waals surface area (Å²) < 4.78 is 5.24. The topological polar surface area (TPSA) is 38.5 Å². The molecule has 0 amide bonds. The summed E-state index contributed by atoms with van der Waals surface area (Å²) in [5.74, 6) is 0.767. The van der Waals surface area contributed by atoms with Crippen molar-refractivity contribution < 1.29 is 4.74 Å². The van der Waals surface area contributed by atoms with Gasteiger partial charge in [0.1, 0.15) is 0 Å². The summed E-state index contributed by atoms with van der Waals surface area (Å²) >= 11 is 0. The maximum atomic E-state index is 6.24. The smallest absolute Gasteiger partial charge is 0.0491 e. The fraction of sp³-hybridized carbons (Fsp3) is 0.647. The molecule has 1 aliphatic rings. The molecule has 3 nitrogen and oxygen atoms in total. The van der Waals surface area contributed by atoms with Crippen molar-refractivity contribution in [3.8, 4) is 0 Å². The fourth-order valence-corrected chi connectivity index (χ4v) is 3.01. The SMILES string of the molecule is COCC1CCN(CCCC(N)c2ccccc2)CC1. The molecule has 3 heteroatoms. The van der Waals surface area contributed by atoms with E-state index in [0.29, 0.717) is 0 Å². The molecule has 1 heterocycles. The molecule has 0 aromatic heterocycles. The van der Waals surface area contributed by atoms with Crippen molar-refractivity contribution >= 4 is 0 Å². The number of hydrogen-bond acceptors (Lipinski definition) is 3. The van der Waals surface area contributed by atoms with E-state index < -0.39 is 0 Å². The molecule has 0 aliphatic carbocycles. The Morgan fingerprint density at radius 2 is 1.95 bits per heavy atom. The van der Waals surface area contributed by atoms with Gasteiger partial charge in [-0.2, -0.15) is 0 Å². The van der Waals surface area contributed by atoms with Crippen molar-refractivity contribution in [2.45, 2.75) is 31.7 Å². The van der Waals surface area contributed by atoms with Crippen LogP contribution in [0.15, 0.2) is 30.3 Å². The molecular formula is C17H28N2O. The number of methoxy groups -OCH3 is 1. The molecule has 0 radical (unpaired) electrons. The molecule has 1 saturated heterocycles. The summed E-state index contributed by atoms with van der Waals surface area (Å²) in [6.45, 7) is 4.54. The second-order valence-electron chi connectivity index (χ2n) is 5.90. The minimum Gasteiger partial charge on any atom is -0.384 e. The van der Waals surface area contributed by atoms with Gasteiger partial charge in [0, 0.05) is 19.8 Å². The van der Waals surface area contributed by atoms with E-state index in [1.54, 1.807) is 7.11 Å². The predicted molar refractivity (Wildman–Crippen MR) is 83.6 cm³/mol. The number of nitrogens with zero attached hydrogens (tertiary/aromatic N) is 1. The lowest BCUT2D eigenvalue weighted by atomic mass is 9.97. The van der Waals surface area contributed by atoms with E-state index >= 15 is 0 Å². The van der Waals surface area contributed by atoms with Gasteiger partial charge in [-0.25, -0.2) is 0 Å². The van der Waals surface area contributed by atoms with E-state index in [1.165, 1.54) is 44.5 Å². The van der Waals surface area contributed by atoms with Crippen molar-refractivity contribution in [1.29, 1.82) is 0 Å². The Morgan fingerprint density at radius 1 is 1.25 bits per heavy atom. The van der Waals surface area contributed by atoms with E-state index in [-0.39, 0.29) is 6.04 Å². The summed E-state index contributed by atoms with van der Waals surface area (Å²) in [6.07, 6.45) is 4.81. The highest BCUT2D eigenvalue weighted by molar-refractivity contribution is 5.18. The van der Waals surface area contributed by atoms with Gasteiger partial charge >= 0.3 is 0 Å². The van der Waals surface area contributed by atoms with Crippen molar-refractivity contribution in [3.63, 3.8) is 0 Å². The molecule has 20 heavy (non-hydrogen) atoms. The average Bonchev–Trinajstić information content (AvgIpc) is 2.50. The Hall–Kier alpha value is -0.900. The van der Waals surface area contributed by atoms with E-state index in [4.69, 9.17) is 10.5 Å². The summed E-state index contributed by atoms with van der Waals surface area (Å²) in [5, 5.41) is 0. The lowest BCUT2D eigenvalue weighted by Gasteiger charge is -2.31. The fourth-order valence-electron chi connectivity index (χ4n) is 3.01. The molecule has 1 atom stereocenters. The van der Waals surface area contributed by atoms with Crippen LogP contribution >= 0.6 is 0 Å². The van der Waals surface area contributed by atoms with Crippen LogP contribution in [0.2, 0.25) is 0 Å². The van der Waals surface area contributed by atoms with Crippen LogP contribution in [-0.4, -0.2) is 38.3 Å². The Kier molecular flexibility index (Phi) is 6.51. The normalized spacial score (nSPS) is 19.1. The first-order valence-corrected chi connectivity index (χ1v) is 7.81. The van der Waals surface area contributed by atoms with Gasteiger partial charge < -0.3 is 15.4 Å². The van der Waals surface area contributed by atoms with Gasteiger partial charge in [0.05, 0.1) is 0 Å². The molecule has 0 bridgehead atoms. The zero-order chi connectivity index (χ0) is 14.2. The quantitative estimate of drug-likeness (QED) is 0.832. The molecule has 1 aliphatic heterocycles. The third kappa shape index (κ3) is 4.89. The maximum Gasteiger partial charge on any atom is 0.0491 e. The third-order valence-electron chi connectivity index (χ3n) is 4.33. The van der Waals surface area contributed by atoms with Crippen LogP contribution in [0, 0.1) is 5.92 Å². The lowest BCUT2D eigenvalue weighted by molar-refractivity contribution is 0.0986. The lowest BCUT2D eigenvalue weighted by Crippen LogP contribution is -2.35. The second kappa shape index (κ2) is 8.40. The number of nitrogens with two attached hydrogens (primary N) is 1. The van der Waals surface area contributed by atoms with Crippen molar-refractivity contribution in [2.75, 3.05) is 33.4 Å². The first-order valence-electron chi connectivity index (χ1n) is 7.81. The molecule has 1 aromatic carbocycles. The van der Waals surface area contributed by atoms with Crippen LogP contribution in [0.25, 0.3) is 0 Å². The van der Waals surface area contributed by atoms with Crippen LogP contribution in [0.5, 0.6) is 0 Å². The van der Waals surface area contributed by atoms with Gasteiger partial charge in [-0.1, -0.05) is 30.3 Å². The Balaban J connectivity index is 1.62. The monoisotopic (exact) mass is 276 g/mol. The first kappa shape index (κ1) is 15.5. The van der Waals surface area contributed by atoms with Crippen molar-refractivity contribution in [1.82, 2.24) is 4.90 Å². The largest absolute Gasteiger partial charge is 0.384 e. The zero-order valence-electron chi connectivity index (χ0n) is 12.6. The van der Waals surface area contributed by atoms with Gasteiger partial charge in [-0.05, 0) is 56.8 Å². The summed E-state index contributed by atoms with van der Waals surface area (Å²) in [7, 11) is 1.80. The molecular weight excluding hydrogens is 248 g/mol. The van der Waals surface area contributed by atoms with Gasteiger partial charge in [-0.15, -0.1) is 0 Å². The van der Waals surface area contributed by atoms with Crippen LogP contribution in [-0.2, 0) is 4.74 Å². The third-order valence-corrected chi connectivity index (χ3v) is 4.33. The van der Waals surface area contributed by atoms with E-state index in [2.05, 4.69) is 29.2 Å². The highest BCUT2D eigenvalue weighted by Gasteiger charge is 2.18. The molecule has 2 N–H and O–H groups in total. The number of likely N-dealkylation sites (tertiary alicyclic amines) is 1. The average molecular weight is 276 g/mol. The predicted octanol–water partition coefficient (Wildman–Crippen LogP) is 2.83. The number of ether oxygens (including phenoxy) is 1. The highest BCUT2D eigenvalue weighted by Crippen LogP contribution is 2.19. The summed E-state index contributed by atoms with van der Waals surface area (Å²) in [4.78, 5) is 2.57. The second-order valence-corrected chi connectivity index (χ2v) is 5.90.